The molecule has 3 rings (SSSR count). The first-order valence-corrected chi connectivity index (χ1v) is 6.43. The number of aromatic nitrogens is 1. The molecule has 5 heteroatoms. The highest BCUT2D eigenvalue weighted by atomic mass is 16.6. The van der Waals surface area contributed by atoms with Gasteiger partial charge in [0.05, 0.1) is 4.92 Å². The fraction of sp³-hybridized carbons (Fsp3) is 0.0625. The summed E-state index contributed by atoms with van der Waals surface area (Å²) in [7, 11) is 0. The molecule has 5 nitrogen and oxygen atoms in total. The van der Waals surface area contributed by atoms with Gasteiger partial charge in [-0.25, -0.2) is 0 Å². The lowest BCUT2D eigenvalue weighted by Crippen LogP contribution is -1.90. The van der Waals surface area contributed by atoms with E-state index < -0.39 is 4.92 Å². The molecule has 0 bridgehead atoms. The molecule has 0 saturated carbocycles. The van der Waals surface area contributed by atoms with E-state index in [0.717, 1.165) is 16.3 Å². The summed E-state index contributed by atoms with van der Waals surface area (Å²) in [4.78, 5) is 10.5. The Kier molecular flexibility index (Phi) is 3.23. The number of rotatable bonds is 3. The van der Waals surface area contributed by atoms with Crippen LogP contribution in [0.1, 0.15) is 17.0 Å². The minimum atomic E-state index is -0.478. The highest BCUT2D eigenvalue weighted by Gasteiger charge is 2.21. The summed E-state index contributed by atoms with van der Waals surface area (Å²) in [5.41, 5.74) is 1.15. The molecule has 0 aliphatic carbocycles. The van der Waals surface area contributed by atoms with Gasteiger partial charge in [-0.3, -0.25) is 10.1 Å². The monoisotopic (exact) mass is 280 g/mol. The molecule has 21 heavy (non-hydrogen) atoms. The highest BCUT2D eigenvalue weighted by molar-refractivity contribution is 5.92. The van der Waals surface area contributed by atoms with Gasteiger partial charge >= 0.3 is 5.69 Å². The first-order valence-electron chi connectivity index (χ1n) is 6.43. The molecular formula is C16H12N2O3. The summed E-state index contributed by atoms with van der Waals surface area (Å²) in [5, 5.41) is 16.8. The fourth-order valence-corrected chi connectivity index (χ4v) is 2.28. The number of hydrogen-bond acceptors (Lipinski definition) is 4. The van der Waals surface area contributed by atoms with Crippen molar-refractivity contribution in [3.8, 4) is 0 Å². The van der Waals surface area contributed by atoms with Gasteiger partial charge < -0.3 is 4.52 Å². The Morgan fingerprint density at radius 2 is 1.90 bits per heavy atom. The second kappa shape index (κ2) is 5.20. The van der Waals surface area contributed by atoms with Crippen LogP contribution < -0.4 is 0 Å². The third kappa shape index (κ3) is 2.41. The lowest BCUT2D eigenvalue weighted by atomic mass is 10.0. The molecule has 3 aromatic rings. The molecule has 104 valence electrons. The molecule has 2 aromatic carbocycles. The molecular weight excluding hydrogens is 268 g/mol. The van der Waals surface area contributed by atoms with E-state index in [1.165, 1.54) is 0 Å². The van der Waals surface area contributed by atoms with Crippen LogP contribution in [-0.2, 0) is 0 Å². The molecule has 0 amide bonds. The Labute approximate surface area is 120 Å². The van der Waals surface area contributed by atoms with Crippen molar-refractivity contribution in [2.75, 3.05) is 0 Å². The number of hydrogen-bond donors (Lipinski definition) is 0. The molecule has 0 aliphatic heterocycles. The van der Waals surface area contributed by atoms with E-state index in [4.69, 9.17) is 4.52 Å². The second-order valence-electron chi connectivity index (χ2n) is 4.64. The SMILES string of the molecule is Cc1noc(/C=C/c2cccc3ccccc23)c1[N+](=O)[O-]. The second-order valence-corrected chi connectivity index (χ2v) is 4.64. The first-order chi connectivity index (χ1) is 10.2. The Morgan fingerprint density at radius 3 is 2.71 bits per heavy atom. The standard InChI is InChI=1S/C16H12N2O3/c1-11-16(18(19)20)15(21-17-11)10-9-13-7-4-6-12-5-2-3-8-14(12)13/h2-10H,1H3/b10-9+. The van der Waals surface area contributed by atoms with Gasteiger partial charge in [0.2, 0.25) is 5.76 Å². The minimum absolute atomic E-state index is 0.0912. The minimum Gasteiger partial charge on any atom is -0.349 e. The topological polar surface area (TPSA) is 69.2 Å². The van der Waals surface area contributed by atoms with Crippen LogP contribution in [0.25, 0.3) is 22.9 Å². The van der Waals surface area contributed by atoms with Crippen LogP contribution in [0.2, 0.25) is 0 Å². The van der Waals surface area contributed by atoms with Gasteiger partial charge in [-0.2, -0.15) is 0 Å². The summed E-state index contributed by atoms with van der Waals surface area (Å²) in [6.45, 7) is 1.55. The number of nitro groups is 1. The molecule has 1 aromatic heterocycles. The van der Waals surface area contributed by atoms with E-state index in [2.05, 4.69) is 5.16 Å². The van der Waals surface area contributed by atoms with E-state index in [0.29, 0.717) is 0 Å². The van der Waals surface area contributed by atoms with Crippen molar-refractivity contribution in [1.82, 2.24) is 5.16 Å². The molecule has 0 saturated heterocycles. The van der Waals surface area contributed by atoms with E-state index in [-0.39, 0.29) is 17.1 Å². The van der Waals surface area contributed by atoms with Crippen molar-refractivity contribution in [3.05, 3.63) is 69.6 Å². The lowest BCUT2D eigenvalue weighted by molar-refractivity contribution is -0.386. The molecule has 0 N–H and O–H groups in total. The van der Waals surface area contributed by atoms with Crippen LogP contribution in [0.4, 0.5) is 5.69 Å². The van der Waals surface area contributed by atoms with Crippen LogP contribution in [0.5, 0.6) is 0 Å². The van der Waals surface area contributed by atoms with Gasteiger partial charge in [0, 0.05) is 0 Å². The van der Waals surface area contributed by atoms with E-state index >= 15 is 0 Å². The Hall–Kier alpha value is -2.95. The van der Waals surface area contributed by atoms with Crippen molar-refractivity contribution in [2.45, 2.75) is 6.92 Å². The Bertz CT molecular complexity index is 844. The van der Waals surface area contributed by atoms with Crippen molar-refractivity contribution < 1.29 is 9.45 Å². The highest BCUT2D eigenvalue weighted by Crippen LogP contribution is 2.26. The summed E-state index contributed by atoms with van der Waals surface area (Å²) in [6.07, 6.45) is 3.38. The van der Waals surface area contributed by atoms with Crippen LogP contribution in [-0.4, -0.2) is 10.1 Å². The van der Waals surface area contributed by atoms with Crippen molar-refractivity contribution in [2.24, 2.45) is 0 Å². The number of aryl methyl sites for hydroxylation is 1. The molecule has 1 heterocycles. The Balaban J connectivity index is 2.05. The van der Waals surface area contributed by atoms with Crippen LogP contribution in [0, 0.1) is 17.0 Å². The van der Waals surface area contributed by atoms with Gasteiger partial charge in [0.15, 0.2) is 5.69 Å². The maximum atomic E-state index is 11.0. The quantitative estimate of drug-likeness (QED) is 0.532. The number of nitrogens with zero attached hydrogens (tertiary/aromatic N) is 2. The number of benzene rings is 2. The van der Waals surface area contributed by atoms with Crippen LogP contribution >= 0.6 is 0 Å². The average molecular weight is 280 g/mol. The third-order valence-corrected chi connectivity index (χ3v) is 3.28. The molecule has 0 atom stereocenters. The number of fused-ring (bicyclic) bond motifs is 1. The largest absolute Gasteiger partial charge is 0.349 e. The summed E-state index contributed by atoms with van der Waals surface area (Å²) in [5.74, 6) is 0.158. The molecule has 0 spiro atoms. The summed E-state index contributed by atoms with van der Waals surface area (Å²) in [6, 6.07) is 13.9. The lowest BCUT2D eigenvalue weighted by Gasteiger charge is -2.00. The average Bonchev–Trinajstić information content (AvgIpc) is 2.86. The maximum absolute atomic E-state index is 11.0. The predicted octanol–water partition coefficient (Wildman–Crippen LogP) is 4.21. The Morgan fingerprint density at radius 1 is 1.14 bits per heavy atom. The van der Waals surface area contributed by atoms with Gasteiger partial charge in [-0.15, -0.1) is 0 Å². The van der Waals surface area contributed by atoms with Gasteiger partial charge in [-0.1, -0.05) is 53.7 Å². The fourth-order valence-electron chi connectivity index (χ4n) is 2.28. The van der Waals surface area contributed by atoms with E-state index in [1.807, 2.05) is 42.5 Å². The third-order valence-electron chi connectivity index (χ3n) is 3.28. The molecule has 0 aliphatic rings. The van der Waals surface area contributed by atoms with Crippen molar-refractivity contribution in [3.63, 3.8) is 0 Å². The molecule has 0 radical (unpaired) electrons. The summed E-state index contributed by atoms with van der Waals surface area (Å²) < 4.78 is 5.01. The zero-order valence-electron chi connectivity index (χ0n) is 11.3. The summed E-state index contributed by atoms with van der Waals surface area (Å²) >= 11 is 0. The maximum Gasteiger partial charge on any atom is 0.338 e. The van der Waals surface area contributed by atoms with Gasteiger partial charge in [0.1, 0.15) is 0 Å². The van der Waals surface area contributed by atoms with Crippen LogP contribution in [0.3, 0.4) is 0 Å². The van der Waals surface area contributed by atoms with Crippen molar-refractivity contribution in [1.29, 1.82) is 0 Å². The van der Waals surface area contributed by atoms with Crippen LogP contribution in [0.15, 0.2) is 47.0 Å². The van der Waals surface area contributed by atoms with E-state index in [1.54, 1.807) is 19.1 Å². The zero-order valence-corrected chi connectivity index (χ0v) is 11.3. The van der Waals surface area contributed by atoms with E-state index in [9.17, 15) is 10.1 Å². The predicted molar refractivity (Wildman–Crippen MR) is 80.8 cm³/mol. The van der Waals surface area contributed by atoms with Crippen molar-refractivity contribution >= 4 is 28.6 Å². The van der Waals surface area contributed by atoms with Gasteiger partial charge in [0.25, 0.3) is 0 Å². The first kappa shape index (κ1) is 13.1. The molecule has 0 unspecified atom stereocenters. The van der Waals surface area contributed by atoms with Gasteiger partial charge in [-0.05, 0) is 29.3 Å². The smallest absolute Gasteiger partial charge is 0.338 e. The molecule has 0 fully saturated rings. The normalized spacial score (nSPS) is 11.3. The zero-order chi connectivity index (χ0) is 14.8.